The molecule has 0 atom stereocenters. The van der Waals surface area contributed by atoms with E-state index in [1.54, 1.807) is 6.08 Å². The van der Waals surface area contributed by atoms with Crippen LogP contribution in [0.2, 0.25) is 0 Å². The Morgan fingerprint density at radius 2 is 1.80 bits per heavy atom. The third-order valence-corrected chi connectivity index (χ3v) is 2.35. The van der Waals surface area contributed by atoms with Crippen molar-refractivity contribution in [2.24, 2.45) is 11.3 Å². The van der Waals surface area contributed by atoms with Crippen LogP contribution in [0.3, 0.4) is 0 Å². The SMILES string of the molecule is C=CCCC(CC(C)C)(C(=O)O)C(=O)O. The lowest BCUT2D eigenvalue weighted by molar-refractivity contribution is -0.166. The fraction of sp³-hybridized carbons (Fsp3) is 0.636. The first-order chi connectivity index (χ1) is 6.86. The minimum Gasteiger partial charge on any atom is -0.480 e. The highest BCUT2D eigenvalue weighted by Gasteiger charge is 2.45. The number of carboxylic acids is 2. The normalized spacial score (nSPS) is 11.4. The van der Waals surface area contributed by atoms with E-state index in [0.717, 1.165) is 0 Å². The Labute approximate surface area is 89.6 Å². The van der Waals surface area contributed by atoms with Gasteiger partial charge in [0.05, 0.1) is 0 Å². The van der Waals surface area contributed by atoms with Crippen molar-refractivity contribution < 1.29 is 19.8 Å². The maximum absolute atomic E-state index is 11.1. The van der Waals surface area contributed by atoms with Crippen LogP contribution in [0.1, 0.15) is 33.1 Å². The van der Waals surface area contributed by atoms with Gasteiger partial charge in [-0.15, -0.1) is 6.58 Å². The molecular formula is C11H18O4. The van der Waals surface area contributed by atoms with E-state index in [1.807, 2.05) is 13.8 Å². The molecule has 0 unspecified atom stereocenters. The summed E-state index contributed by atoms with van der Waals surface area (Å²) in [7, 11) is 0. The zero-order valence-corrected chi connectivity index (χ0v) is 9.19. The predicted octanol–water partition coefficient (Wildman–Crippen LogP) is 2.15. The van der Waals surface area contributed by atoms with Crippen LogP contribution in [0.4, 0.5) is 0 Å². The minimum absolute atomic E-state index is 0.0296. The molecule has 0 aromatic carbocycles. The quantitative estimate of drug-likeness (QED) is 0.503. The number of hydrogen-bond acceptors (Lipinski definition) is 2. The number of hydrogen-bond donors (Lipinski definition) is 2. The Balaban J connectivity index is 4.98. The highest BCUT2D eigenvalue weighted by molar-refractivity contribution is 5.98. The summed E-state index contributed by atoms with van der Waals surface area (Å²) in [6.45, 7) is 7.10. The molecule has 0 saturated carbocycles. The minimum atomic E-state index is -1.66. The van der Waals surface area contributed by atoms with Gasteiger partial charge in [-0.25, -0.2) is 0 Å². The number of allylic oxidation sites excluding steroid dienone is 1. The summed E-state index contributed by atoms with van der Waals surface area (Å²) in [6.07, 6.45) is 2.18. The average molecular weight is 214 g/mol. The fourth-order valence-electron chi connectivity index (χ4n) is 1.63. The molecule has 0 rings (SSSR count). The Morgan fingerprint density at radius 1 is 1.33 bits per heavy atom. The Kier molecular flexibility index (Phi) is 5.05. The topological polar surface area (TPSA) is 74.6 Å². The molecule has 0 amide bonds. The van der Waals surface area contributed by atoms with E-state index >= 15 is 0 Å². The Morgan fingerprint density at radius 3 is 2.07 bits per heavy atom. The van der Waals surface area contributed by atoms with Crippen LogP contribution in [-0.2, 0) is 9.59 Å². The summed E-state index contributed by atoms with van der Waals surface area (Å²) in [5, 5.41) is 18.1. The van der Waals surface area contributed by atoms with Gasteiger partial charge in [-0.2, -0.15) is 0 Å². The van der Waals surface area contributed by atoms with Gasteiger partial charge in [-0.05, 0) is 25.2 Å². The first-order valence-corrected chi connectivity index (χ1v) is 4.94. The van der Waals surface area contributed by atoms with Crippen molar-refractivity contribution in [2.75, 3.05) is 0 Å². The Hall–Kier alpha value is -1.32. The number of carboxylic acid groups (broad SMARTS) is 2. The van der Waals surface area contributed by atoms with Crippen molar-refractivity contribution in [3.63, 3.8) is 0 Å². The molecule has 0 fully saturated rings. The lowest BCUT2D eigenvalue weighted by Crippen LogP contribution is -2.40. The van der Waals surface area contributed by atoms with E-state index in [2.05, 4.69) is 6.58 Å². The second-order valence-electron chi connectivity index (χ2n) is 4.12. The van der Waals surface area contributed by atoms with Crippen LogP contribution in [0.25, 0.3) is 0 Å². The van der Waals surface area contributed by atoms with Crippen LogP contribution < -0.4 is 0 Å². The molecule has 4 heteroatoms. The van der Waals surface area contributed by atoms with Gasteiger partial charge in [-0.3, -0.25) is 9.59 Å². The largest absolute Gasteiger partial charge is 0.480 e. The van der Waals surface area contributed by atoms with Gasteiger partial charge in [-0.1, -0.05) is 19.9 Å². The maximum atomic E-state index is 11.1. The van der Waals surface area contributed by atoms with Gasteiger partial charge in [0, 0.05) is 0 Å². The molecule has 15 heavy (non-hydrogen) atoms. The molecule has 0 spiro atoms. The standard InChI is InChI=1S/C11H18O4/c1-4-5-6-11(9(12)13,10(14)15)7-8(2)3/h4,8H,1,5-7H2,2-3H3,(H,12,13)(H,14,15). The summed E-state index contributed by atoms with van der Waals surface area (Å²) in [4.78, 5) is 22.2. The van der Waals surface area contributed by atoms with Gasteiger partial charge in [0.25, 0.3) is 0 Å². The lowest BCUT2D eigenvalue weighted by Gasteiger charge is -2.26. The predicted molar refractivity (Wildman–Crippen MR) is 56.6 cm³/mol. The lowest BCUT2D eigenvalue weighted by atomic mass is 9.76. The maximum Gasteiger partial charge on any atom is 0.321 e. The van der Waals surface area contributed by atoms with Gasteiger partial charge < -0.3 is 10.2 Å². The number of rotatable bonds is 7. The highest BCUT2D eigenvalue weighted by Crippen LogP contribution is 2.32. The van der Waals surface area contributed by atoms with Crippen molar-refractivity contribution >= 4 is 11.9 Å². The van der Waals surface area contributed by atoms with Gasteiger partial charge in [0.1, 0.15) is 0 Å². The first-order valence-electron chi connectivity index (χ1n) is 4.94. The summed E-state index contributed by atoms with van der Waals surface area (Å²) in [5.41, 5.74) is -1.66. The summed E-state index contributed by atoms with van der Waals surface area (Å²) < 4.78 is 0. The molecule has 0 bridgehead atoms. The highest BCUT2D eigenvalue weighted by atomic mass is 16.4. The molecule has 0 aromatic rings. The molecule has 0 aliphatic carbocycles. The van der Waals surface area contributed by atoms with Crippen molar-refractivity contribution in [3.05, 3.63) is 12.7 Å². The molecule has 0 aliphatic rings. The summed E-state index contributed by atoms with van der Waals surface area (Å²) >= 11 is 0. The van der Waals surface area contributed by atoms with E-state index in [0.29, 0.717) is 6.42 Å². The second kappa shape index (κ2) is 5.53. The third kappa shape index (κ3) is 3.38. The number of carbonyl (C=O) groups is 2. The number of aliphatic carboxylic acids is 2. The van der Waals surface area contributed by atoms with Crippen molar-refractivity contribution in [3.8, 4) is 0 Å². The fourth-order valence-corrected chi connectivity index (χ4v) is 1.63. The molecule has 86 valence electrons. The molecule has 0 aliphatic heterocycles. The van der Waals surface area contributed by atoms with Crippen LogP contribution in [0, 0.1) is 11.3 Å². The van der Waals surface area contributed by atoms with Crippen LogP contribution in [-0.4, -0.2) is 22.2 Å². The second-order valence-corrected chi connectivity index (χ2v) is 4.12. The van der Waals surface area contributed by atoms with Gasteiger partial charge >= 0.3 is 11.9 Å². The van der Waals surface area contributed by atoms with Crippen molar-refractivity contribution in [1.29, 1.82) is 0 Å². The summed E-state index contributed by atoms with van der Waals surface area (Å²) in [5.74, 6) is -2.49. The molecule has 4 nitrogen and oxygen atoms in total. The molecule has 0 heterocycles. The van der Waals surface area contributed by atoms with Gasteiger partial charge in [0.2, 0.25) is 0 Å². The van der Waals surface area contributed by atoms with E-state index in [4.69, 9.17) is 10.2 Å². The third-order valence-electron chi connectivity index (χ3n) is 2.35. The first kappa shape index (κ1) is 13.7. The smallest absolute Gasteiger partial charge is 0.321 e. The van der Waals surface area contributed by atoms with Crippen LogP contribution in [0.15, 0.2) is 12.7 Å². The molecule has 0 saturated heterocycles. The molecular weight excluding hydrogens is 196 g/mol. The van der Waals surface area contributed by atoms with Crippen molar-refractivity contribution in [2.45, 2.75) is 33.1 Å². The monoisotopic (exact) mass is 214 g/mol. The zero-order valence-electron chi connectivity index (χ0n) is 9.19. The van der Waals surface area contributed by atoms with Crippen molar-refractivity contribution in [1.82, 2.24) is 0 Å². The Bertz CT molecular complexity index is 241. The average Bonchev–Trinajstić information content (AvgIpc) is 2.10. The van der Waals surface area contributed by atoms with E-state index in [1.165, 1.54) is 0 Å². The van der Waals surface area contributed by atoms with E-state index in [-0.39, 0.29) is 18.8 Å². The zero-order chi connectivity index (χ0) is 12.1. The molecule has 0 aromatic heterocycles. The van der Waals surface area contributed by atoms with E-state index in [9.17, 15) is 9.59 Å². The molecule has 2 N–H and O–H groups in total. The van der Waals surface area contributed by atoms with Crippen LogP contribution in [0.5, 0.6) is 0 Å². The molecule has 0 radical (unpaired) electrons. The van der Waals surface area contributed by atoms with Gasteiger partial charge in [0.15, 0.2) is 5.41 Å². The summed E-state index contributed by atoms with van der Waals surface area (Å²) in [6, 6.07) is 0. The van der Waals surface area contributed by atoms with E-state index < -0.39 is 17.4 Å². The van der Waals surface area contributed by atoms with Crippen LogP contribution >= 0.6 is 0 Å².